The van der Waals surface area contributed by atoms with Crippen molar-refractivity contribution in [3.8, 4) is 10.6 Å². The molecule has 2 aliphatic heterocycles. The van der Waals surface area contributed by atoms with Gasteiger partial charge in [0.15, 0.2) is 9.84 Å². The highest BCUT2D eigenvalue weighted by Crippen LogP contribution is 2.28. The maximum Gasteiger partial charge on any atom is 0.315 e. The number of anilines is 1. The molecule has 3 amide bonds. The molecule has 4 rings (SSSR count). The Morgan fingerprint density at radius 2 is 2.00 bits per heavy atom. The molecule has 0 unspecified atom stereocenters. The average Bonchev–Trinajstić information content (AvgIpc) is 3.36. The van der Waals surface area contributed by atoms with Crippen LogP contribution in [0.5, 0.6) is 0 Å². The molecule has 0 bridgehead atoms. The monoisotopic (exact) mass is 434 g/mol. The van der Waals surface area contributed by atoms with E-state index in [1.165, 1.54) is 0 Å². The van der Waals surface area contributed by atoms with Gasteiger partial charge in [0.1, 0.15) is 5.01 Å². The normalized spacial score (nSPS) is 24.6. The van der Waals surface area contributed by atoms with Gasteiger partial charge in [0, 0.05) is 29.2 Å². The van der Waals surface area contributed by atoms with Gasteiger partial charge in [0.2, 0.25) is 5.91 Å². The van der Waals surface area contributed by atoms with Crippen molar-refractivity contribution in [3.05, 3.63) is 35.8 Å². The van der Waals surface area contributed by atoms with Crippen LogP contribution in [-0.4, -0.2) is 48.4 Å². The van der Waals surface area contributed by atoms with Crippen LogP contribution in [0.15, 0.2) is 35.8 Å². The second kappa shape index (κ2) is 8.11. The predicted molar refractivity (Wildman–Crippen MR) is 111 cm³/mol. The van der Waals surface area contributed by atoms with Crippen molar-refractivity contribution in [2.24, 2.45) is 0 Å². The highest BCUT2D eigenvalue weighted by atomic mass is 32.2. The van der Waals surface area contributed by atoms with Gasteiger partial charge in [-0.2, -0.15) is 0 Å². The van der Waals surface area contributed by atoms with Crippen molar-refractivity contribution in [3.63, 3.8) is 0 Å². The summed E-state index contributed by atoms with van der Waals surface area (Å²) in [6.45, 7) is 0. The van der Waals surface area contributed by atoms with Crippen LogP contribution in [0.2, 0.25) is 0 Å². The van der Waals surface area contributed by atoms with Crippen molar-refractivity contribution in [2.75, 3.05) is 11.1 Å². The molecule has 2 fully saturated rings. The van der Waals surface area contributed by atoms with Gasteiger partial charge in [-0.1, -0.05) is 6.42 Å². The van der Waals surface area contributed by atoms with Gasteiger partial charge in [-0.3, -0.25) is 4.79 Å². The van der Waals surface area contributed by atoms with E-state index in [2.05, 4.69) is 20.9 Å². The molecule has 29 heavy (non-hydrogen) atoms. The Labute approximate surface area is 173 Å². The van der Waals surface area contributed by atoms with Crippen LogP contribution in [0.3, 0.4) is 0 Å². The topological polar surface area (TPSA) is 117 Å². The summed E-state index contributed by atoms with van der Waals surface area (Å²) in [5.74, 6) is -0.117. The molecule has 3 atom stereocenters. The molecule has 154 valence electrons. The van der Waals surface area contributed by atoms with Crippen LogP contribution < -0.4 is 16.0 Å². The molecule has 0 saturated carbocycles. The van der Waals surface area contributed by atoms with Gasteiger partial charge in [0.25, 0.3) is 0 Å². The first kappa shape index (κ1) is 19.8. The molecular formula is C19H22N4O4S2. The number of sulfone groups is 1. The molecule has 8 nitrogen and oxygen atoms in total. The number of amides is 3. The van der Waals surface area contributed by atoms with Crippen LogP contribution in [0, 0.1) is 0 Å². The Balaban J connectivity index is 1.23. The third kappa shape index (κ3) is 4.43. The number of rotatable bonds is 7. The standard InChI is InChI=1S/C19H22N4O4S2/c24-16(21-13-7-5-12(6-8-13)18-20-9-10-28-18)4-2-1-3-15-17-14(11-29(15,26)27)22-19(25)23-17/h5-10,14-15,17H,1-4,11H2,(H,21,24)(H2,22,23,25)/t14-,15-,17+/m1/s1. The van der Waals surface area contributed by atoms with E-state index in [0.717, 1.165) is 16.3 Å². The fourth-order valence-electron chi connectivity index (χ4n) is 3.92. The Bertz CT molecular complexity index is 990. The smallest absolute Gasteiger partial charge is 0.315 e. The van der Waals surface area contributed by atoms with Gasteiger partial charge < -0.3 is 16.0 Å². The average molecular weight is 435 g/mol. The fourth-order valence-corrected chi connectivity index (χ4v) is 6.84. The molecule has 3 N–H and O–H groups in total. The summed E-state index contributed by atoms with van der Waals surface area (Å²) in [7, 11) is -3.22. The van der Waals surface area contributed by atoms with Crippen LogP contribution in [0.4, 0.5) is 10.5 Å². The number of fused-ring (bicyclic) bond motifs is 1. The zero-order valence-electron chi connectivity index (χ0n) is 15.6. The van der Waals surface area contributed by atoms with Crippen molar-refractivity contribution < 1.29 is 18.0 Å². The lowest BCUT2D eigenvalue weighted by molar-refractivity contribution is -0.116. The minimum Gasteiger partial charge on any atom is -0.332 e. The summed E-state index contributed by atoms with van der Waals surface area (Å²) >= 11 is 1.56. The summed E-state index contributed by atoms with van der Waals surface area (Å²) in [6.07, 6.45) is 3.72. The minimum atomic E-state index is -3.22. The summed E-state index contributed by atoms with van der Waals surface area (Å²) in [4.78, 5) is 27.8. The fraction of sp³-hybridized carbons (Fsp3) is 0.421. The Morgan fingerprint density at radius 1 is 1.21 bits per heavy atom. The van der Waals surface area contributed by atoms with Crippen LogP contribution in [0.25, 0.3) is 10.6 Å². The van der Waals surface area contributed by atoms with Crippen molar-refractivity contribution >= 4 is 38.8 Å². The molecule has 3 heterocycles. The summed E-state index contributed by atoms with van der Waals surface area (Å²) < 4.78 is 24.6. The van der Waals surface area contributed by atoms with Crippen LogP contribution in [-0.2, 0) is 14.6 Å². The van der Waals surface area contributed by atoms with Crippen LogP contribution in [0.1, 0.15) is 25.7 Å². The number of aromatic nitrogens is 1. The second-order valence-corrected chi connectivity index (χ2v) is 10.5. The third-order valence-corrected chi connectivity index (χ3v) is 8.41. The number of nitrogens with one attached hydrogen (secondary N) is 3. The quantitative estimate of drug-likeness (QED) is 0.456. The molecule has 1 aromatic heterocycles. The Kier molecular flexibility index (Phi) is 5.55. The number of benzene rings is 1. The summed E-state index contributed by atoms with van der Waals surface area (Å²) in [6, 6.07) is 6.51. The van der Waals surface area contributed by atoms with Gasteiger partial charge >= 0.3 is 6.03 Å². The lowest BCUT2D eigenvalue weighted by Gasteiger charge is -2.16. The number of nitrogens with zero attached hydrogens (tertiary/aromatic N) is 1. The Hall–Kier alpha value is -2.46. The lowest BCUT2D eigenvalue weighted by atomic mass is 10.0. The predicted octanol–water partition coefficient (Wildman–Crippen LogP) is 2.16. The van der Waals surface area contributed by atoms with Crippen molar-refractivity contribution in [1.29, 1.82) is 0 Å². The van der Waals surface area contributed by atoms with Gasteiger partial charge in [0.05, 0.1) is 23.1 Å². The molecule has 0 radical (unpaired) electrons. The maximum absolute atomic E-state index is 12.3. The van der Waals surface area contributed by atoms with E-state index in [1.54, 1.807) is 17.5 Å². The highest BCUT2D eigenvalue weighted by Gasteiger charge is 2.51. The van der Waals surface area contributed by atoms with E-state index in [1.807, 2.05) is 29.6 Å². The molecule has 0 aliphatic carbocycles. The number of hydrogen-bond donors (Lipinski definition) is 3. The van der Waals surface area contributed by atoms with Gasteiger partial charge in [-0.15, -0.1) is 11.3 Å². The molecule has 2 aromatic rings. The van der Waals surface area contributed by atoms with E-state index < -0.39 is 15.1 Å². The molecule has 0 spiro atoms. The number of hydrogen-bond acceptors (Lipinski definition) is 6. The number of unbranched alkanes of at least 4 members (excludes halogenated alkanes) is 1. The zero-order chi connectivity index (χ0) is 20.4. The number of urea groups is 1. The SMILES string of the molecule is O=C(CCCC[C@@H]1[C@H]2NC(=O)N[C@@H]2CS1(=O)=O)Nc1ccc(-c2nccs2)cc1. The largest absolute Gasteiger partial charge is 0.332 e. The summed E-state index contributed by atoms with van der Waals surface area (Å²) in [5.41, 5.74) is 1.72. The number of carbonyl (C=O) groups excluding carboxylic acids is 2. The number of thiazole rings is 1. The second-order valence-electron chi connectivity index (χ2n) is 7.33. The third-order valence-electron chi connectivity index (χ3n) is 5.31. The first-order valence-corrected chi connectivity index (χ1v) is 12.1. The van der Waals surface area contributed by atoms with Crippen molar-refractivity contribution in [1.82, 2.24) is 15.6 Å². The number of carbonyl (C=O) groups is 2. The van der Waals surface area contributed by atoms with Gasteiger partial charge in [-0.05, 0) is 37.1 Å². The van der Waals surface area contributed by atoms with E-state index in [-0.39, 0.29) is 29.8 Å². The molecule has 2 saturated heterocycles. The Morgan fingerprint density at radius 3 is 2.72 bits per heavy atom. The first-order chi connectivity index (χ1) is 13.9. The molecule has 1 aromatic carbocycles. The first-order valence-electron chi connectivity index (χ1n) is 9.51. The molecular weight excluding hydrogens is 412 g/mol. The van der Waals surface area contributed by atoms with E-state index >= 15 is 0 Å². The van der Waals surface area contributed by atoms with Crippen LogP contribution >= 0.6 is 11.3 Å². The van der Waals surface area contributed by atoms with E-state index in [4.69, 9.17) is 0 Å². The van der Waals surface area contributed by atoms with E-state index in [0.29, 0.717) is 25.7 Å². The minimum absolute atomic E-state index is 0.0153. The van der Waals surface area contributed by atoms with Crippen molar-refractivity contribution in [2.45, 2.75) is 43.0 Å². The maximum atomic E-state index is 12.3. The lowest BCUT2D eigenvalue weighted by Crippen LogP contribution is -2.39. The van der Waals surface area contributed by atoms with Gasteiger partial charge in [-0.25, -0.2) is 18.2 Å². The molecule has 10 heteroatoms. The van der Waals surface area contributed by atoms with E-state index in [9.17, 15) is 18.0 Å². The zero-order valence-corrected chi connectivity index (χ0v) is 17.3. The molecule has 2 aliphatic rings. The highest BCUT2D eigenvalue weighted by molar-refractivity contribution is 7.92. The summed E-state index contributed by atoms with van der Waals surface area (Å²) in [5, 5.41) is 10.5.